The molecule has 0 aromatic heterocycles. The van der Waals surface area contributed by atoms with Gasteiger partial charge < -0.3 is 4.90 Å². The van der Waals surface area contributed by atoms with Crippen molar-refractivity contribution >= 4 is 41.3 Å². The van der Waals surface area contributed by atoms with Gasteiger partial charge in [-0.2, -0.15) is 0 Å². The van der Waals surface area contributed by atoms with Crippen LogP contribution >= 0.6 is 35.6 Å². The third-order valence-electron chi connectivity index (χ3n) is 2.70. The van der Waals surface area contributed by atoms with E-state index in [1.54, 1.807) is 0 Å². The van der Waals surface area contributed by atoms with Gasteiger partial charge in [0.15, 0.2) is 0 Å². The maximum atomic E-state index is 5.94. The highest BCUT2D eigenvalue weighted by molar-refractivity contribution is 6.19. The van der Waals surface area contributed by atoms with Crippen molar-refractivity contribution in [2.75, 3.05) is 23.2 Å². The zero-order valence-electron chi connectivity index (χ0n) is 8.33. The largest absolute Gasteiger partial charge is 0.366 e. The molecule has 1 nitrogen and oxygen atoms in total. The van der Waals surface area contributed by atoms with Gasteiger partial charge in [0.05, 0.1) is 0 Å². The molecule has 1 aliphatic heterocycles. The molecule has 0 aliphatic carbocycles. The minimum Gasteiger partial charge on any atom is -0.366 e. The molecule has 2 rings (SSSR count). The summed E-state index contributed by atoms with van der Waals surface area (Å²) in [4.78, 5) is 2.31. The van der Waals surface area contributed by atoms with E-state index in [0.717, 1.165) is 13.0 Å². The predicted molar refractivity (Wildman–Crippen MR) is 70.0 cm³/mol. The van der Waals surface area contributed by atoms with Crippen LogP contribution in [0.5, 0.6) is 0 Å². The summed E-state index contributed by atoms with van der Waals surface area (Å²) in [5, 5.41) is 0. The molecular formula is C11H14Cl3N. The van der Waals surface area contributed by atoms with E-state index in [2.05, 4.69) is 29.2 Å². The fraction of sp³-hybridized carbons (Fsp3) is 0.455. The number of nitrogens with zero attached hydrogens (tertiary/aromatic N) is 1. The number of halogens is 3. The van der Waals surface area contributed by atoms with Crippen molar-refractivity contribution in [2.24, 2.45) is 0 Å². The Morgan fingerprint density at radius 3 is 2.67 bits per heavy atom. The number of alkyl halides is 2. The van der Waals surface area contributed by atoms with E-state index >= 15 is 0 Å². The SMILES string of the molecule is Cl.ClCCN1c2ccccc2CC1CCl. The molecule has 0 saturated heterocycles. The Kier molecular flexibility index (Phi) is 5.04. The van der Waals surface area contributed by atoms with E-state index < -0.39 is 0 Å². The fourth-order valence-electron chi connectivity index (χ4n) is 2.06. The van der Waals surface area contributed by atoms with E-state index in [1.165, 1.54) is 11.3 Å². The monoisotopic (exact) mass is 265 g/mol. The molecule has 1 unspecified atom stereocenters. The Labute approximate surface area is 107 Å². The number of hydrogen-bond acceptors (Lipinski definition) is 1. The van der Waals surface area contributed by atoms with Crippen LogP contribution in [0.1, 0.15) is 5.56 Å². The van der Waals surface area contributed by atoms with Gasteiger partial charge in [-0.3, -0.25) is 0 Å². The molecule has 15 heavy (non-hydrogen) atoms. The molecule has 1 atom stereocenters. The molecule has 0 amide bonds. The van der Waals surface area contributed by atoms with Crippen molar-refractivity contribution in [3.63, 3.8) is 0 Å². The molecule has 0 fully saturated rings. The van der Waals surface area contributed by atoms with E-state index in [0.29, 0.717) is 17.8 Å². The topological polar surface area (TPSA) is 3.24 Å². The smallest absolute Gasteiger partial charge is 0.0467 e. The van der Waals surface area contributed by atoms with E-state index in [4.69, 9.17) is 23.2 Å². The maximum Gasteiger partial charge on any atom is 0.0467 e. The van der Waals surface area contributed by atoms with Gasteiger partial charge in [-0.1, -0.05) is 18.2 Å². The van der Waals surface area contributed by atoms with Gasteiger partial charge in [-0.25, -0.2) is 0 Å². The lowest BCUT2D eigenvalue weighted by Gasteiger charge is -2.24. The molecule has 1 heterocycles. The fourth-order valence-corrected chi connectivity index (χ4v) is 2.51. The lowest BCUT2D eigenvalue weighted by molar-refractivity contribution is 0.698. The lowest BCUT2D eigenvalue weighted by atomic mass is 10.1. The number of hydrogen-bond donors (Lipinski definition) is 0. The van der Waals surface area contributed by atoms with Gasteiger partial charge in [-0.05, 0) is 18.1 Å². The highest BCUT2D eigenvalue weighted by atomic mass is 35.5. The zero-order valence-corrected chi connectivity index (χ0v) is 10.7. The van der Waals surface area contributed by atoms with Crippen molar-refractivity contribution in [3.05, 3.63) is 29.8 Å². The first-order chi connectivity index (χ1) is 6.86. The average Bonchev–Trinajstić information content (AvgIpc) is 2.58. The first-order valence-corrected chi connectivity index (χ1v) is 5.90. The van der Waals surface area contributed by atoms with Gasteiger partial charge in [0.1, 0.15) is 0 Å². The molecule has 0 radical (unpaired) electrons. The van der Waals surface area contributed by atoms with Crippen LogP contribution in [0.25, 0.3) is 0 Å². The third-order valence-corrected chi connectivity index (χ3v) is 3.23. The number of anilines is 1. The van der Waals surface area contributed by atoms with Crippen molar-refractivity contribution in [3.8, 4) is 0 Å². The second kappa shape index (κ2) is 5.83. The van der Waals surface area contributed by atoms with E-state index in [9.17, 15) is 0 Å². The molecule has 1 aromatic carbocycles. The maximum absolute atomic E-state index is 5.94. The second-order valence-corrected chi connectivity index (χ2v) is 4.21. The van der Waals surface area contributed by atoms with Gasteiger partial charge in [0.2, 0.25) is 0 Å². The Hall–Kier alpha value is -0.110. The summed E-state index contributed by atoms with van der Waals surface area (Å²) >= 11 is 11.7. The summed E-state index contributed by atoms with van der Waals surface area (Å²) in [7, 11) is 0. The summed E-state index contributed by atoms with van der Waals surface area (Å²) in [6.07, 6.45) is 1.05. The molecule has 0 spiro atoms. The van der Waals surface area contributed by atoms with Crippen molar-refractivity contribution in [1.29, 1.82) is 0 Å². The summed E-state index contributed by atoms with van der Waals surface area (Å²) < 4.78 is 0. The number of rotatable bonds is 3. The van der Waals surface area contributed by atoms with Crippen LogP contribution in [0.15, 0.2) is 24.3 Å². The van der Waals surface area contributed by atoms with E-state index in [1.807, 2.05) is 0 Å². The standard InChI is InChI=1S/C11H13Cl2N.ClH/c12-5-6-14-10(8-13)7-9-3-1-2-4-11(9)14;/h1-4,10H,5-8H2;1H. The van der Waals surface area contributed by atoms with Crippen molar-refractivity contribution < 1.29 is 0 Å². The Balaban J connectivity index is 0.00000112. The molecule has 4 heteroatoms. The van der Waals surface area contributed by atoms with Crippen LogP contribution in [0.4, 0.5) is 5.69 Å². The van der Waals surface area contributed by atoms with Crippen molar-refractivity contribution in [1.82, 2.24) is 0 Å². The Bertz CT molecular complexity index is 316. The van der Waals surface area contributed by atoms with Crippen molar-refractivity contribution in [2.45, 2.75) is 12.5 Å². The summed E-state index contributed by atoms with van der Waals surface area (Å²) in [5.41, 5.74) is 2.70. The van der Waals surface area contributed by atoms with Gasteiger partial charge in [0.25, 0.3) is 0 Å². The van der Waals surface area contributed by atoms with Crippen LogP contribution in [0.3, 0.4) is 0 Å². The Morgan fingerprint density at radius 1 is 1.27 bits per heavy atom. The van der Waals surface area contributed by atoms with Crippen LogP contribution in [0.2, 0.25) is 0 Å². The summed E-state index contributed by atoms with van der Waals surface area (Å²) in [6.45, 7) is 0.885. The molecule has 1 aromatic rings. The first kappa shape index (κ1) is 13.0. The van der Waals surface area contributed by atoms with Gasteiger partial charge in [0, 0.05) is 30.0 Å². The van der Waals surface area contributed by atoms with Crippen LogP contribution < -0.4 is 4.90 Å². The first-order valence-electron chi connectivity index (χ1n) is 4.83. The predicted octanol–water partition coefficient (Wildman–Crippen LogP) is 3.32. The summed E-state index contributed by atoms with van der Waals surface area (Å²) in [5.74, 6) is 1.33. The summed E-state index contributed by atoms with van der Waals surface area (Å²) in [6, 6.07) is 8.88. The number of fused-ring (bicyclic) bond motifs is 1. The quantitative estimate of drug-likeness (QED) is 0.759. The zero-order chi connectivity index (χ0) is 9.97. The van der Waals surface area contributed by atoms with Crippen LogP contribution in [-0.4, -0.2) is 24.3 Å². The van der Waals surface area contributed by atoms with Crippen LogP contribution in [-0.2, 0) is 6.42 Å². The molecule has 0 N–H and O–H groups in total. The minimum absolute atomic E-state index is 0. The highest BCUT2D eigenvalue weighted by Crippen LogP contribution is 2.32. The average molecular weight is 267 g/mol. The molecular weight excluding hydrogens is 252 g/mol. The third kappa shape index (κ3) is 2.52. The Morgan fingerprint density at radius 2 is 2.00 bits per heavy atom. The van der Waals surface area contributed by atoms with Crippen LogP contribution in [0, 0.1) is 0 Å². The van der Waals surface area contributed by atoms with Gasteiger partial charge >= 0.3 is 0 Å². The van der Waals surface area contributed by atoms with E-state index in [-0.39, 0.29) is 12.4 Å². The molecule has 0 saturated carbocycles. The molecule has 84 valence electrons. The highest BCUT2D eigenvalue weighted by Gasteiger charge is 2.27. The number of para-hydroxylation sites is 1. The lowest BCUT2D eigenvalue weighted by Crippen LogP contribution is -2.34. The normalized spacial score (nSPS) is 18.5. The second-order valence-electron chi connectivity index (χ2n) is 3.52. The molecule has 0 bridgehead atoms. The molecule has 1 aliphatic rings. The minimum atomic E-state index is 0. The number of benzene rings is 1. The van der Waals surface area contributed by atoms with Gasteiger partial charge in [-0.15, -0.1) is 35.6 Å².